The number of hydrogen-bond acceptors (Lipinski definition) is 4. The molecule has 4 nitrogen and oxygen atoms in total. The van der Waals surface area contributed by atoms with Crippen LogP contribution in [-0.2, 0) is 4.79 Å². The Morgan fingerprint density at radius 1 is 1.27 bits per heavy atom. The van der Waals surface area contributed by atoms with E-state index in [1.165, 1.54) is 17.7 Å². The van der Waals surface area contributed by atoms with E-state index in [4.69, 9.17) is 16.3 Å². The van der Waals surface area contributed by atoms with Crippen LogP contribution in [-0.4, -0.2) is 36.0 Å². The third-order valence-corrected chi connectivity index (χ3v) is 5.87. The van der Waals surface area contributed by atoms with Crippen molar-refractivity contribution in [2.24, 2.45) is 0 Å². The van der Waals surface area contributed by atoms with Gasteiger partial charge in [-0.05, 0) is 75.5 Å². The molecule has 0 bridgehead atoms. The molecule has 1 fully saturated rings. The molecule has 2 heterocycles. The summed E-state index contributed by atoms with van der Waals surface area (Å²) in [5, 5.41) is 5.83. The van der Waals surface area contributed by atoms with Crippen LogP contribution < -0.4 is 10.1 Å². The molecule has 0 radical (unpaired) electrons. The molecule has 3 rings (SSSR count). The number of amides is 1. The molecule has 1 atom stereocenters. The molecule has 1 unspecified atom stereocenters. The number of nitrogens with zero attached hydrogens (tertiary/aromatic N) is 1. The number of likely N-dealkylation sites (tertiary alicyclic amines) is 1. The van der Waals surface area contributed by atoms with Crippen molar-refractivity contribution in [1.29, 1.82) is 0 Å². The van der Waals surface area contributed by atoms with E-state index in [1.54, 1.807) is 49.4 Å². The molecular formula is C20H25ClN2O2S. The van der Waals surface area contributed by atoms with Crippen LogP contribution in [0.15, 0.2) is 41.8 Å². The Labute approximate surface area is 164 Å². The number of benzene rings is 1. The summed E-state index contributed by atoms with van der Waals surface area (Å²) in [5.74, 6) is 0.511. The SMILES string of the molecule is CC(C)(Oc1ccc(Cl)cc1)C(=O)NCC(c1cccs1)N1CCCC1. The number of carbonyl (C=O) groups excluding carboxylic acids is 1. The predicted molar refractivity (Wildman–Crippen MR) is 107 cm³/mol. The lowest BCUT2D eigenvalue weighted by atomic mass is 10.1. The molecule has 1 saturated heterocycles. The highest BCUT2D eigenvalue weighted by atomic mass is 35.5. The Morgan fingerprint density at radius 3 is 2.58 bits per heavy atom. The third kappa shape index (κ3) is 4.78. The molecular weight excluding hydrogens is 368 g/mol. The molecule has 1 aromatic heterocycles. The number of thiophene rings is 1. The van der Waals surface area contributed by atoms with Crippen LogP contribution in [0.1, 0.15) is 37.6 Å². The largest absolute Gasteiger partial charge is 0.478 e. The fourth-order valence-corrected chi connectivity index (χ4v) is 4.18. The quantitative estimate of drug-likeness (QED) is 0.753. The molecule has 1 amide bonds. The standard InChI is InChI=1S/C20H25ClN2O2S/c1-20(2,25-16-9-7-15(21)8-10-16)19(24)22-14-17(18-6-5-13-26-18)23-11-3-4-12-23/h5-10,13,17H,3-4,11-12,14H2,1-2H3,(H,22,24). The molecule has 0 saturated carbocycles. The van der Waals surface area contributed by atoms with Gasteiger partial charge in [-0.2, -0.15) is 0 Å². The van der Waals surface area contributed by atoms with Gasteiger partial charge in [0.1, 0.15) is 5.75 Å². The van der Waals surface area contributed by atoms with E-state index in [1.807, 2.05) is 0 Å². The zero-order valence-electron chi connectivity index (χ0n) is 15.2. The van der Waals surface area contributed by atoms with Crippen molar-refractivity contribution in [2.45, 2.75) is 38.3 Å². The molecule has 1 aliphatic heterocycles. The maximum Gasteiger partial charge on any atom is 0.263 e. The average molecular weight is 393 g/mol. The van der Waals surface area contributed by atoms with Crippen molar-refractivity contribution in [2.75, 3.05) is 19.6 Å². The van der Waals surface area contributed by atoms with E-state index in [-0.39, 0.29) is 11.9 Å². The monoisotopic (exact) mass is 392 g/mol. The first-order valence-corrected chi connectivity index (χ1v) is 10.2. The zero-order valence-corrected chi connectivity index (χ0v) is 16.8. The Bertz CT molecular complexity index is 710. The fraction of sp³-hybridized carbons (Fsp3) is 0.450. The van der Waals surface area contributed by atoms with E-state index >= 15 is 0 Å². The lowest BCUT2D eigenvalue weighted by molar-refractivity contribution is -0.134. The molecule has 26 heavy (non-hydrogen) atoms. The molecule has 1 aromatic carbocycles. The first-order valence-electron chi connectivity index (χ1n) is 8.96. The van der Waals surface area contributed by atoms with Crippen LogP contribution in [0.4, 0.5) is 0 Å². The maximum atomic E-state index is 12.7. The molecule has 0 spiro atoms. The van der Waals surface area contributed by atoms with Gasteiger partial charge >= 0.3 is 0 Å². The number of rotatable bonds is 7. The second kappa shape index (κ2) is 8.42. The smallest absolute Gasteiger partial charge is 0.263 e. The van der Waals surface area contributed by atoms with Crippen LogP contribution >= 0.6 is 22.9 Å². The second-order valence-corrected chi connectivity index (χ2v) is 8.47. The minimum atomic E-state index is -0.959. The Balaban J connectivity index is 1.62. The van der Waals surface area contributed by atoms with E-state index in [2.05, 4.69) is 27.7 Å². The van der Waals surface area contributed by atoms with Gasteiger partial charge < -0.3 is 10.1 Å². The van der Waals surface area contributed by atoms with Gasteiger partial charge in [-0.15, -0.1) is 11.3 Å². The summed E-state index contributed by atoms with van der Waals surface area (Å²) in [5.41, 5.74) is -0.959. The van der Waals surface area contributed by atoms with Crippen molar-refractivity contribution in [3.8, 4) is 5.75 Å². The van der Waals surface area contributed by atoms with Gasteiger partial charge in [-0.3, -0.25) is 9.69 Å². The van der Waals surface area contributed by atoms with E-state index < -0.39 is 5.60 Å². The van der Waals surface area contributed by atoms with Gasteiger partial charge in [0.25, 0.3) is 5.91 Å². The van der Waals surface area contributed by atoms with Crippen molar-refractivity contribution in [1.82, 2.24) is 10.2 Å². The normalized spacial score (nSPS) is 16.4. The molecule has 0 aliphatic carbocycles. The number of nitrogens with one attached hydrogen (secondary N) is 1. The Hall–Kier alpha value is -1.56. The molecule has 1 N–H and O–H groups in total. The van der Waals surface area contributed by atoms with Gasteiger partial charge in [0, 0.05) is 16.4 Å². The summed E-state index contributed by atoms with van der Waals surface area (Å²) in [6.45, 7) is 6.33. The molecule has 1 aliphatic rings. The summed E-state index contributed by atoms with van der Waals surface area (Å²) in [6, 6.07) is 11.5. The zero-order chi connectivity index (χ0) is 18.6. The summed E-state index contributed by atoms with van der Waals surface area (Å²) >= 11 is 7.65. The summed E-state index contributed by atoms with van der Waals surface area (Å²) in [7, 11) is 0. The highest BCUT2D eigenvalue weighted by molar-refractivity contribution is 7.10. The fourth-order valence-electron chi connectivity index (χ4n) is 3.19. The van der Waals surface area contributed by atoms with Crippen molar-refractivity contribution >= 4 is 28.8 Å². The Morgan fingerprint density at radius 2 is 1.96 bits per heavy atom. The summed E-state index contributed by atoms with van der Waals surface area (Å²) in [6.07, 6.45) is 2.45. The van der Waals surface area contributed by atoms with E-state index in [9.17, 15) is 4.79 Å². The van der Waals surface area contributed by atoms with Gasteiger partial charge in [-0.25, -0.2) is 0 Å². The van der Waals surface area contributed by atoms with E-state index in [0.717, 1.165) is 13.1 Å². The maximum absolute atomic E-state index is 12.7. The van der Waals surface area contributed by atoms with Crippen LogP contribution in [0.5, 0.6) is 5.75 Å². The van der Waals surface area contributed by atoms with Gasteiger partial charge in [0.05, 0.1) is 6.04 Å². The topological polar surface area (TPSA) is 41.6 Å². The van der Waals surface area contributed by atoms with Gasteiger partial charge in [0.2, 0.25) is 0 Å². The second-order valence-electron chi connectivity index (χ2n) is 7.05. The molecule has 2 aromatic rings. The highest BCUT2D eigenvalue weighted by Gasteiger charge is 2.32. The summed E-state index contributed by atoms with van der Waals surface area (Å²) in [4.78, 5) is 16.5. The number of hydrogen-bond donors (Lipinski definition) is 1. The lowest BCUT2D eigenvalue weighted by Crippen LogP contribution is -2.48. The highest BCUT2D eigenvalue weighted by Crippen LogP contribution is 2.28. The van der Waals surface area contributed by atoms with E-state index in [0.29, 0.717) is 17.3 Å². The van der Waals surface area contributed by atoms with Crippen molar-refractivity contribution in [3.05, 3.63) is 51.7 Å². The minimum Gasteiger partial charge on any atom is -0.478 e. The first kappa shape index (κ1) is 19.2. The van der Waals surface area contributed by atoms with Crippen LogP contribution in [0.3, 0.4) is 0 Å². The third-order valence-electron chi connectivity index (χ3n) is 4.64. The molecule has 140 valence electrons. The average Bonchev–Trinajstić information content (AvgIpc) is 3.31. The predicted octanol–water partition coefficient (Wildman–Crippen LogP) is 4.51. The number of carbonyl (C=O) groups is 1. The van der Waals surface area contributed by atoms with Crippen LogP contribution in [0.25, 0.3) is 0 Å². The number of halogens is 1. The van der Waals surface area contributed by atoms with Crippen LogP contribution in [0.2, 0.25) is 5.02 Å². The molecule has 6 heteroatoms. The summed E-state index contributed by atoms with van der Waals surface area (Å²) < 4.78 is 5.89. The van der Waals surface area contributed by atoms with Gasteiger partial charge in [-0.1, -0.05) is 17.7 Å². The Kier molecular flexibility index (Phi) is 6.22. The van der Waals surface area contributed by atoms with Crippen molar-refractivity contribution in [3.63, 3.8) is 0 Å². The minimum absolute atomic E-state index is 0.117. The number of ether oxygens (including phenoxy) is 1. The van der Waals surface area contributed by atoms with Crippen LogP contribution in [0, 0.1) is 0 Å². The van der Waals surface area contributed by atoms with Crippen molar-refractivity contribution < 1.29 is 9.53 Å². The van der Waals surface area contributed by atoms with Gasteiger partial charge in [0.15, 0.2) is 5.60 Å². The lowest BCUT2D eigenvalue weighted by Gasteiger charge is -2.30. The first-order chi connectivity index (χ1) is 12.5.